The van der Waals surface area contributed by atoms with Crippen molar-refractivity contribution in [2.75, 3.05) is 5.32 Å². The average Bonchev–Trinajstić information content (AvgIpc) is 2.35. The van der Waals surface area contributed by atoms with Gasteiger partial charge in [-0.2, -0.15) is 0 Å². The number of nitrogens with one attached hydrogen (secondary N) is 1. The van der Waals surface area contributed by atoms with E-state index in [-0.39, 0.29) is 17.8 Å². The lowest BCUT2D eigenvalue weighted by Gasteiger charge is -2.08. The van der Waals surface area contributed by atoms with Gasteiger partial charge in [0.25, 0.3) is 5.69 Å². The van der Waals surface area contributed by atoms with Gasteiger partial charge in [0, 0.05) is 28.3 Å². The molecule has 0 amide bonds. The number of nitro groups is 1. The van der Waals surface area contributed by atoms with E-state index >= 15 is 0 Å². The first kappa shape index (κ1) is 14.6. The second kappa shape index (κ2) is 6.07. The topological polar surface area (TPSA) is 55.2 Å². The summed E-state index contributed by atoms with van der Waals surface area (Å²) in [4.78, 5) is 10.3. The SMILES string of the molecule is O=[N+]([O-])c1ccc(F)cc1CNc1cc(Cl)cc(Cl)c1. The minimum Gasteiger partial charge on any atom is -0.381 e. The van der Waals surface area contributed by atoms with Crippen LogP contribution in [0, 0.1) is 15.9 Å². The maximum absolute atomic E-state index is 13.2. The van der Waals surface area contributed by atoms with Crippen molar-refractivity contribution in [1.29, 1.82) is 0 Å². The molecule has 7 heteroatoms. The summed E-state index contributed by atoms with van der Waals surface area (Å²) in [7, 11) is 0. The van der Waals surface area contributed by atoms with Crippen LogP contribution >= 0.6 is 23.2 Å². The third-order valence-electron chi connectivity index (χ3n) is 2.58. The predicted molar refractivity (Wildman–Crippen MR) is 76.8 cm³/mol. The van der Waals surface area contributed by atoms with E-state index in [9.17, 15) is 14.5 Å². The van der Waals surface area contributed by atoms with E-state index in [1.54, 1.807) is 18.2 Å². The molecule has 4 nitrogen and oxygen atoms in total. The highest BCUT2D eigenvalue weighted by molar-refractivity contribution is 6.35. The number of anilines is 1. The monoisotopic (exact) mass is 314 g/mol. The summed E-state index contributed by atoms with van der Waals surface area (Å²) in [6.07, 6.45) is 0. The Kier molecular flexibility index (Phi) is 4.42. The van der Waals surface area contributed by atoms with Gasteiger partial charge >= 0.3 is 0 Å². The van der Waals surface area contributed by atoms with Crippen molar-refractivity contribution in [3.05, 3.63) is 67.9 Å². The Hall–Kier alpha value is -1.85. The third-order valence-corrected chi connectivity index (χ3v) is 3.02. The van der Waals surface area contributed by atoms with Crippen LogP contribution in [0.5, 0.6) is 0 Å². The Morgan fingerprint density at radius 3 is 2.40 bits per heavy atom. The Bertz CT molecular complexity index is 645. The van der Waals surface area contributed by atoms with Gasteiger partial charge < -0.3 is 5.32 Å². The quantitative estimate of drug-likeness (QED) is 0.660. The number of benzene rings is 2. The van der Waals surface area contributed by atoms with Gasteiger partial charge in [0.15, 0.2) is 0 Å². The molecule has 0 atom stereocenters. The number of nitrogens with zero attached hydrogens (tertiary/aromatic N) is 1. The highest BCUT2D eigenvalue weighted by Gasteiger charge is 2.14. The first-order valence-electron chi connectivity index (χ1n) is 5.58. The molecule has 104 valence electrons. The Morgan fingerprint density at radius 1 is 1.15 bits per heavy atom. The van der Waals surface area contributed by atoms with E-state index in [4.69, 9.17) is 23.2 Å². The van der Waals surface area contributed by atoms with Crippen molar-refractivity contribution in [3.8, 4) is 0 Å². The first-order chi connectivity index (χ1) is 9.45. The summed E-state index contributed by atoms with van der Waals surface area (Å²) in [5.41, 5.74) is 0.694. The maximum atomic E-state index is 13.2. The average molecular weight is 315 g/mol. The van der Waals surface area contributed by atoms with Crippen molar-refractivity contribution >= 4 is 34.6 Å². The molecule has 2 aromatic rings. The van der Waals surface area contributed by atoms with Crippen LogP contribution in [0.25, 0.3) is 0 Å². The summed E-state index contributed by atoms with van der Waals surface area (Å²) in [5, 5.41) is 14.7. The van der Waals surface area contributed by atoms with Crippen LogP contribution in [0.15, 0.2) is 36.4 Å². The number of hydrogen-bond donors (Lipinski definition) is 1. The van der Waals surface area contributed by atoms with Gasteiger partial charge in [-0.25, -0.2) is 4.39 Å². The lowest BCUT2D eigenvalue weighted by atomic mass is 10.1. The molecule has 0 aliphatic heterocycles. The van der Waals surface area contributed by atoms with Crippen LogP contribution in [0.1, 0.15) is 5.56 Å². The fourth-order valence-electron chi connectivity index (χ4n) is 1.73. The van der Waals surface area contributed by atoms with Crippen molar-refractivity contribution in [2.45, 2.75) is 6.54 Å². The summed E-state index contributed by atoms with van der Waals surface area (Å²) >= 11 is 11.7. The number of nitro benzene ring substituents is 1. The van der Waals surface area contributed by atoms with E-state index in [2.05, 4.69) is 5.32 Å². The molecule has 0 unspecified atom stereocenters. The van der Waals surface area contributed by atoms with Crippen LogP contribution < -0.4 is 5.32 Å². The highest BCUT2D eigenvalue weighted by Crippen LogP contribution is 2.25. The number of hydrogen-bond acceptors (Lipinski definition) is 3. The minimum absolute atomic E-state index is 0.0880. The lowest BCUT2D eigenvalue weighted by Crippen LogP contribution is -2.03. The van der Waals surface area contributed by atoms with Crippen molar-refractivity contribution < 1.29 is 9.31 Å². The first-order valence-corrected chi connectivity index (χ1v) is 6.34. The van der Waals surface area contributed by atoms with Crippen molar-refractivity contribution in [3.63, 3.8) is 0 Å². The van der Waals surface area contributed by atoms with E-state index in [1.807, 2.05) is 0 Å². The molecule has 2 aromatic carbocycles. The summed E-state index contributed by atoms with van der Waals surface area (Å²) in [6, 6.07) is 8.13. The van der Waals surface area contributed by atoms with Gasteiger partial charge in [0.1, 0.15) is 5.82 Å². The van der Waals surface area contributed by atoms with Gasteiger partial charge in [0.2, 0.25) is 0 Å². The molecular formula is C13H9Cl2FN2O2. The second-order valence-electron chi connectivity index (χ2n) is 4.04. The molecule has 0 radical (unpaired) electrons. The largest absolute Gasteiger partial charge is 0.381 e. The van der Waals surface area contributed by atoms with Gasteiger partial charge in [-0.3, -0.25) is 10.1 Å². The highest BCUT2D eigenvalue weighted by atomic mass is 35.5. The van der Waals surface area contributed by atoms with E-state index in [0.717, 1.165) is 18.2 Å². The zero-order chi connectivity index (χ0) is 14.7. The summed E-state index contributed by atoms with van der Waals surface area (Å²) in [5.74, 6) is -0.531. The third kappa shape index (κ3) is 3.59. The molecule has 0 bridgehead atoms. The molecule has 1 N–H and O–H groups in total. The molecule has 0 saturated carbocycles. The van der Waals surface area contributed by atoms with Gasteiger partial charge in [-0.1, -0.05) is 23.2 Å². The molecule has 0 aromatic heterocycles. The fourth-order valence-corrected chi connectivity index (χ4v) is 2.25. The summed E-state index contributed by atoms with van der Waals surface area (Å²) < 4.78 is 13.2. The van der Waals surface area contributed by atoms with Crippen LogP contribution in [0.3, 0.4) is 0 Å². The lowest BCUT2D eigenvalue weighted by molar-refractivity contribution is -0.385. The second-order valence-corrected chi connectivity index (χ2v) is 4.91. The predicted octanol–water partition coefficient (Wildman–Crippen LogP) is 4.65. The van der Waals surface area contributed by atoms with Gasteiger partial charge in [-0.05, 0) is 30.3 Å². The molecule has 0 fully saturated rings. The Labute approximate surface area is 124 Å². The normalized spacial score (nSPS) is 10.3. The zero-order valence-electron chi connectivity index (χ0n) is 10.1. The molecule has 0 spiro atoms. The van der Waals surface area contributed by atoms with Crippen LogP contribution in [-0.2, 0) is 6.54 Å². The van der Waals surface area contributed by atoms with Gasteiger partial charge in [-0.15, -0.1) is 0 Å². The van der Waals surface area contributed by atoms with E-state index < -0.39 is 10.7 Å². The smallest absolute Gasteiger partial charge is 0.274 e. The van der Waals surface area contributed by atoms with Crippen molar-refractivity contribution in [1.82, 2.24) is 0 Å². The molecule has 0 aliphatic rings. The Morgan fingerprint density at radius 2 is 1.80 bits per heavy atom. The zero-order valence-corrected chi connectivity index (χ0v) is 11.6. The molecule has 0 saturated heterocycles. The molecule has 0 heterocycles. The molecule has 2 rings (SSSR count). The fraction of sp³-hybridized carbons (Fsp3) is 0.0769. The van der Waals surface area contributed by atoms with Crippen LogP contribution in [-0.4, -0.2) is 4.92 Å². The standard InChI is InChI=1S/C13H9Cl2FN2O2/c14-9-4-10(15)6-12(5-9)17-7-8-3-11(16)1-2-13(8)18(19)20/h1-6,17H,7H2. The van der Waals surface area contributed by atoms with Gasteiger partial charge in [0.05, 0.1) is 10.5 Å². The Balaban J connectivity index is 2.22. The van der Waals surface area contributed by atoms with Crippen LogP contribution in [0.4, 0.5) is 15.8 Å². The maximum Gasteiger partial charge on any atom is 0.274 e. The summed E-state index contributed by atoms with van der Waals surface area (Å²) in [6.45, 7) is 0.0880. The molecule has 20 heavy (non-hydrogen) atoms. The van der Waals surface area contributed by atoms with E-state index in [1.165, 1.54) is 0 Å². The number of rotatable bonds is 4. The molecular weight excluding hydrogens is 306 g/mol. The van der Waals surface area contributed by atoms with E-state index in [0.29, 0.717) is 15.7 Å². The van der Waals surface area contributed by atoms with Crippen molar-refractivity contribution in [2.24, 2.45) is 0 Å². The van der Waals surface area contributed by atoms with Crippen LogP contribution in [0.2, 0.25) is 10.0 Å². The molecule has 0 aliphatic carbocycles. The number of halogens is 3. The minimum atomic E-state index is -0.554.